The Morgan fingerprint density at radius 1 is 0.929 bits per heavy atom. The molecule has 3 rings (SSSR count). The molecule has 0 spiro atoms. The highest BCUT2D eigenvalue weighted by Crippen LogP contribution is 2.22. The van der Waals surface area contributed by atoms with Crippen molar-refractivity contribution in [2.75, 3.05) is 7.11 Å². The number of ether oxygens (including phenoxy) is 2. The summed E-state index contributed by atoms with van der Waals surface area (Å²) in [4.78, 5) is 23.6. The Bertz CT molecular complexity index is 995. The second kappa shape index (κ2) is 8.57. The largest absolute Gasteiger partial charge is 0.497 e. The quantitative estimate of drug-likeness (QED) is 0.629. The normalized spacial score (nSPS) is 11.7. The van der Waals surface area contributed by atoms with Crippen molar-refractivity contribution in [2.45, 2.75) is 26.5 Å². The predicted molar refractivity (Wildman–Crippen MR) is 109 cm³/mol. The summed E-state index contributed by atoms with van der Waals surface area (Å²) in [5.74, 6) is 1.15. The van der Waals surface area contributed by atoms with Crippen LogP contribution in [0.25, 0.3) is 10.8 Å². The summed E-state index contributed by atoms with van der Waals surface area (Å²) in [6.45, 7) is 3.62. The maximum Gasteiger partial charge on any atom is 0.261 e. The van der Waals surface area contributed by atoms with E-state index in [-0.39, 0.29) is 11.7 Å². The first-order valence-electron chi connectivity index (χ1n) is 9.08. The summed E-state index contributed by atoms with van der Waals surface area (Å²) in [6, 6.07) is 18.7. The molecule has 0 fully saturated rings. The topological polar surface area (TPSA) is 64.6 Å². The fraction of sp³-hybridized carbons (Fsp3) is 0.217. The lowest BCUT2D eigenvalue weighted by atomic mass is 10.1. The van der Waals surface area contributed by atoms with E-state index in [1.54, 1.807) is 38.3 Å². The standard InChI is InChI=1S/C23H23NO4/c1-15(25)18-6-9-21(10-7-18)28-16(2)23(26)24-14-17-4-5-20-13-22(27-3)11-8-19(20)12-17/h4-13,16H,14H2,1-3H3,(H,24,26). The van der Waals surface area contributed by atoms with Gasteiger partial charge in [-0.05, 0) is 72.6 Å². The van der Waals surface area contributed by atoms with Crippen molar-refractivity contribution < 1.29 is 19.1 Å². The van der Waals surface area contributed by atoms with Crippen molar-refractivity contribution >= 4 is 22.5 Å². The molecule has 0 aliphatic rings. The number of amides is 1. The second-order valence-electron chi connectivity index (χ2n) is 6.61. The van der Waals surface area contributed by atoms with Crippen molar-refractivity contribution in [1.82, 2.24) is 5.32 Å². The summed E-state index contributed by atoms with van der Waals surface area (Å²) in [6.07, 6.45) is -0.645. The van der Waals surface area contributed by atoms with Crippen LogP contribution in [0, 0.1) is 0 Å². The minimum absolute atomic E-state index is 0.00818. The van der Waals surface area contributed by atoms with Crippen molar-refractivity contribution in [3.8, 4) is 11.5 Å². The highest BCUT2D eigenvalue weighted by Gasteiger charge is 2.14. The molecule has 0 aromatic heterocycles. The molecule has 28 heavy (non-hydrogen) atoms. The summed E-state index contributed by atoms with van der Waals surface area (Å²) < 4.78 is 10.9. The van der Waals surface area contributed by atoms with Crippen LogP contribution in [0.3, 0.4) is 0 Å². The van der Waals surface area contributed by atoms with Crippen LogP contribution in [0.2, 0.25) is 0 Å². The third-order valence-corrected chi connectivity index (χ3v) is 4.52. The van der Waals surface area contributed by atoms with Crippen molar-refractivity contribution in [2.24, 2.45) is 0 Å². The Morgan fingerprint density at radius 2 is 1.57 bits per heavy atom. The first-order chi connectivity index (χ1) is 13.5. The van der Waals surface area contributed by atoms with E-state index in [1.165, 1.54) is 6.92 Å². The number of hydrogen-bond donors (Lipinski definition) is 1. The van der Waals surface area contributed by atoms with Gasteiger partial charge in [0.15, 0.2) is 11.9 Å². The van der Waals surface area contributed by atoms with E-state index in [4.69, 9.17) is 9.47 Å². The lowest BCUT2D eigenvalue weighted by Gasteiger charge is -2.15. The number of benzene rings is 3. The lowest BCUT2D eigenvalue weighted by molar-refractivity contribution is -0.127. The van der Waals surface area contributed by atoms with E-state index >= 15 is 0 Å². The maximum atomic E-state index is 12.3. The molecule has 1 unspecified atom stereocenters. The fourth-order valence-corrected chi connectivity index (χ4v) is 2.87. The SMILES string of the molecule is COc1ccc2cc(CNC(=O)C(C)Oc3ccc(C(C)=O)cc3)ccc2c1. The van der Waals surface area contributed by atoms with Crippen molar-refractivity contribution in [3.63, 3.8) is 0 Å². The van der Waals surface area contributed by atoms with Gasteiger partial charge in [-0.25, -0.2) is 0 Å². The average Bonchev–Trinajstić information content (AvgIpc) is 2.71. The lowest BCUT2D eigenvalue weighted by Crippen LogP contribution is -2.35. The first-order valence-corrected chi connectivity index (χ1v) is 9.08. The zero-order valence-corrected chi connectivity index (χ0v) is 16.2. The van der Waals surface area contributed by atoms with Gasteiger partial charge in [0.2, 0.25) is 0 Å². The van der Waals surface area contributed by atoms with Gasteiger partial charge < -0.3 is 14.8 Å². The van der Waals surface area contributed by atoms with Gasteiger partial charge in [0.1, 0.15) is 11.5 Å². The van der Waals surface area contributed by atoms with Gasteiger partial charge in [0.05, 0.1) is 7.11 Å². The van der Waals surface area contributed by atoms with E-state index in [0.717, 1.165) is 22.1 Å². The van der Waals surface area contributed by atoms with E-state index in [9.17, 15) is 9.59 Å². The Hall–Kier alpha value is -3.34. The number of carbonyl (C=O) groups excluding carboxylic acids is 2. The summed E-state index contributed by atoms with van der Waals surface area (Å²) >= 11 is 0. The molecule has 1 amide bonds. The number of rotatable bonds is 7. The number of Topliss-reactive ketones (excluding diaryl/α,β-unsaturated/α-hetero) is 1. The monoisotopic (exact) mass is 377 g/mol. The van der Waals surface area contributed by atoms with Gasteiger partial charge in [-0.15, -0.1) is 0 Å². The number of ketones is 1. The fourth-order valence-electron chi connectivity index (χ4n) is 2.87. The number of methoxy groups -OCH3 is 1. The van der Waals surface area contributed by atoms with Gasteiger partial charge in [-0.1, -0.05) is 18.2 Å². The first kappa shape index (κ1) is 19.4. The molecule has 1 atom stereocenters. The third kappa shape index (κ3) is 4.68. The number of carbonyl (C=O) groups is 2. The Kier molecular flexibility index (Phi) is 5.94. The summed E-state index contributed by atoms with van der Waals surface area (Å²) in [5.41, 5.74) is 1.61. The molecule has 5 nitrogen and oxygen atoms in total. The molecule has 3 aromatic rings. The molecule has 144 valence electrons. The molecule has 0 heterocycles. The molecule has 3 aromatic carbocycles. The van der Waals surface area contributed by atoms with Crippen LogP contribution in [0.15, 0.2) is 60.7 Å². The number of fused-ring (bicyclic) bond motifs is 1. The molecule has 0 aliphatic carbocycles. The number of nitrogens with one attached hydrogen (secondary N) is 1. The van der Waals surface area contributed by atoms with E-state index in [1.807, 2.05) is 36.4 Å². The number of hydrogen-bond acceptors (Lipinski definition) is 4. The molecule has 0 saturated carbocycles. The van der Waals surface area contributed by atoms with Crippen LogP contribution in [-0.2, 0) is 11.3 Å². The van der Waals surface area contributed by atoms with Gasteiger partial charge in [0, 0.05) is 12.1 Å². The van der Waals surface area contributed by atoms with Crippen LogP contribution in [0.4, 0.5) is 0 Å². The zero-order chi connectivity index (χ0) is 20.1. The van der Waals surface area contributed by atoms with E-state index in [0.29, 0.717) is 17.9 Å². The Labute approximate surface area is 164 Å². The van der Waals surface area contributed by atoms with Crippen molar-refractivity contribution in [1.29, 1.82) is 0 Å². The predicted octanol–water partition coefficient (Wildman–Crippen LogP) is 4.13. The molecular weight excluding hydrogens is 354 g/mol. The van der Waals surface area contributed by atoms with Crippen LogP contribution in [0.1, 0.15) is 29.8 Å². The zero-order valence-electron chi connectivity index (χ0n) is 16.2. The molecular formula is C23H23NO4. The van der Waals surface area contributed by atoms with Gasteiger partial charge in [-0.3, -0.25) is 9.59 Å². The maximum absolute atomic E-state index is 12.3. The summed E-state index contributed by atoms with van der Waals surface area (Å²) in [5, 5.41) is 5.06. The van der Waals surface area contributed by atoms with Crippen LogP contribution in [0.5, 0.6) is 11.5 Å². The van der Waals surface area contributed by atoms with Crippen LogP contribution in [-0.4, -0.2) is 24.9 Å². The Balaban J connectivity index is 1.58. The minimum atomic E-state index is -0.645. The second-order valence-corrected chi connectivity index (χ2v) is 6.61. The minimum Gasteiger partial charge on any atom is -0.497 e. The smallest absolute Gasteiger partial charge is 0.261 e. The highest BCUT2D eigenvalue weighted by atomic mass is 16.5. The third-order valence-electron chi connectivity index (χ3n) is 4.52. The molecule has 0 saturated heterocycles. The average molecular weight is 377 g/mol. The van der Waals surface area contributed by atoms with Gasteiger partial charge in [-0.2, -0.15) is 0 Å². The van der Waals surface area contributed by atoms with Gasteiger partial charge in [0.25, 0.3) is 5.91 Å². The highest BCUT2D eigenvalue weighted by molar-refractivity contribution is 5.94. The molecule has 0 aliphatic heterocycles. The van der Waals surface area contributed by atoms with E-state index in [2.05, 4.69) is 5.32 Å². The molecule has 0 bridgehead atoms. The van der Waals surface area contributed by atoms with Gasteiger partial charge >= 0.3 is 0 Å². The van der Waals surface area contributed by atoms with Crippen LogP contribution >= 0.6 is 0 Å². The molecule has 5 heteroatoms. The Morgan fingerprint density at radius 3 is 2.25 bits per heavy atom. The summed E-state index contributed by atoms with van der Waals surface area (Å²) in [7, 11) is 1.64. The van der Waals surface area contributed by atoms with Crippen LogP contribution < -0.4 is 14.8 Å². The molecule has 1 N–H and O–H groups in total. The van der Waals surface area contributed by atoms with Crippen molar-refractivity contribution in [3.05, 3.63) is 71.8 Å². The molecule has 0 radical (unpaired) electrons. The van der Waals surface area contributed by atoms with E-state index < -0.39 is 6.10 Å².